The van der Waals surface area contributed by atoms with Crippen LogP contribution in [0.4, 0.5) is 0 Å². The normalized spacial score (nSPS) is 17.8. The molecule has 2 atom stereocenters. The Morgan fingerprint density at radius 1 is 1.21 bits per heavy atom. The van der Waals surface area contributed by atoms with Gasteiger partial charge in [-0.2, -0.15) is 0 Å². The predicted octanol–water partition coefficient (Wildman–Crippen LogP) is 5.18. The molecule has 0 heterocycles. The summed E-state index contributed by atoms with van der Waals surface area (Å²) < 4.78 is 0.449. The third-order valence-corrected chi connectivity index (χ3v) is 6.13. The Balaban J connectivity index is 3.90. The first-order valence-electron chi connectivity index (χ1n) is 5.89. The maximum absolute atomic E-state index is 2.41. The number of rotatable bonds is 8. The molecule has 0 nitrogen and oxygen atoms in total. The van der Waals surface area contributed by atoms with Crippen LogP contribution >= 0.6 is 23.5 Å². The summed E-state index contributed by atoms with van der Waals surface area (Å²) in [5, 5.41) is 0.800. The fraction of sp³-hybridized carbons (Fsp3) is 1.00. The van der Waals surface area contributed by atoms with Crippen molar-refractivity contribution < 1.29 is 0 Å². The summed E-state index contributed by atoms with van der Waals surface area (Å²) in [6, 6.07) is 0. The molecule has 0 aromatic carbocycles. The second-order valence-corrected chi connectivity index (χ2v) is 7.82. The van der Waals surface area contributed by atoms with Crippen molar-refractivity contribution in [2.75, 3.05) is 5.75 Å². The van der Waals surface area contributed by atoms with E-state index < -0.39 is 0 Å². The third-order valence-electron chi connectivity index (χ3n) is 2.57. The van der Waals surface area contributed by atoms with Crippen LogP contribution in [0.2, 0.25) is 0 Å². The standard InChI is InChI=1S/C12H26S2/c1-6-9-10-13-12(5,8-3)14-11(4)7-2/h11H,6-10H2,1-5H3. The summed E-state index contributed by atoms with van der Waals surface area (Å²) >= 11 is 4.32. The molecule has 0 radical (unpaired) electrons. The number of hydrogen-bond acceptors (Lipinski definition) is 2. The molecule has 0 aliphatic carbocycles. The summed E-state index contributed by atoms with van der Waals surface area (Å²) in [5.74, 6) is 1.32. The Labute approximate surface area is 99.0 Å². The van der Waals surface area contributed by atoms with Crippen molar-refractivity contribution in [2.24, 2.45) is 0 Å². The molecule has 0 aliphatic heterocycles. The monoisotopic (exact) mass is 234 g/mol. The second-order valence-electron chi connectivity index (χ2n) is 4.03. The van der Waals surface area contributed by atoms with Gasteiger partial charge in [-0.1, -0.05) is 34.1 Å². The quantitative estimate of drug-likeness (QED) is 0.419. The molecule has 0 aromatic rings. The Morgan fingerprint density at radius 3 is 2.29 bits per heavy atom. The molecule has 0 bridgehead atoms. The SMILES string of the molecule is CCCCSC(C)(CC)SC(C)CC. The van der Waals surface area contributed by atoms with Gasteiger partial charge in [-0.3, -0.25) is 0 Å². The average molecular weight is 234 g/mol. The molecule has 0 spiro atoms. The van der Waals surface area contributed by atoms with Gasteiger partial charge in [0, 0.05) is 5.25 Å². The van der Waals surface area contributed by atoms with E-state index in [1.165, 1.54) is 31.4 Å². The van der Waals surface area contributed by atoms with Crippen LogP contribution in [0.5, 0.6) is 0 Å². The highest BCUT2D eigenvalue weighted by Gasteiger charge is 2.24. The van der Waals surface area contributed by atoms with Gasteiger partial charge >= 0.3 is 0 Å². The lowest BCUT2D eigenvalue weighted by molar-refractivity contribution is 0.813. The Bertz CT molecular complexity index is 136. The smallest absolute Gasteiger partial charge is 0.0583 e. The number of thioether (sulfide) groups is 2. The van der Waals surface area contributed by atoms with E-state index >= 15 is 0 Å². The lowest BCUT2D eigenvalue weighted by Gasteiger charge is -2.30. The van der Waals surface area contributed by atoms with Gasteiger partial charge in [0.15, 0.2) is 0 Å². The maximum atomic E-state index is 2.41. The number of unbranched alkanes of at least 4 members (excludes halogenated alkanes) is 1. The van der Waals surface area contributed by atoms with Crippen LogP contribution in [-0.4, -0.2) is 15.1 Å². The van der Waals surface area contributed by atoms with Gasteiger partial charge in [-0.05, 0) is 31.9 Å². The van der Waals surface area contributed by atoms with Crippen molar-refractivity contribution >= 4 is 23.5 Å². The molecule has 0 fully saturated rings. The van der Waals surface area contributed by atoms with Crippen molar-refractivity contribution in [2.45, 2.75) is 69.6 Å². The summed E-state index contributed by atoms with van der Waals surface area (Å²) in [7, 11) is 0. The van der Waals surface area contributed by atoms with Crippen LogP contribution in [0.1, 0.15) is 60.3 Å². The van der Waals surface area contributed by atoms with Gasteiger partial charge < -0.3 is 0 Å². The van der Waals surface area contributed by atoms with E-state index in [1.54, 1.807) is 0 Å². The van der Waals surface area contributed by atoms with Crippen molar-refractivity contribution in [3.63, 3.8) is 0 Å². The molecule has 0 aromatic heterocycles. The Morgan fingerprint density at radius 2 is 1.86 bits per heavy atom. The molecule has 0 saturated heterocycles. The molecule has 86 valence electrons. The van der Waals surface area contributed by atoms with Crippen molar-refractivity contribution in [3.8, 4) is 0 Å². The van der Waals surface area contributed by atoms with E-state index in [9.17, 15) is 0 Å². The molecule has 0 N–H and O–H groups in total. The van der Waals surface area contributed by atoms with E-state index in [1.807, 2.05) is 0 Å². The van der Waals surface area contributed by atoms with Gasteiger partial charge in [0.2, 0.25) is 0 Å². The lowest BCUT2D eigenvalue weighted by Crippen LogP contribution is -2.18. The molecule has 0 amide bonds. The van der Waals surface area contributed by atoms with Crippen molar-refractivity contribution in [1.82, 2.24) is 0 Å². The van der Waals surface area contributed by atoms with E-state index in [-0.39, 0.29) is 0 Å². The molecule has 2 unspecified atom stereocenters. The van der Waals surface area contributed by atoms with Gasteiger partial charge in [-0.15, -0.1) is 23.5 Å². The topological polar surface area (TPSA) is 0 Å². The first kappa shape index (κ1) is 14.7. The van der Waals surface area contributed by atoms with Crippen molar-refractivity contribution in [3.05, 3.63) is 0 Å². The third kappa shape index (κ3) is 6.23. The van der Waals surface area contributed by atoms with Crippen LogP contribution in [-0.2, 0) is 0 Å². The predicted molar refractivity (Wildman–Crippen MR) is 73.4 cm³/mol. The maximum Gasteiger partial charge on any atom is 0.0583 e. The van der Waals surface area contributed by atoms with Crippen molar-refractivity contribution in [1.29, 1.82) is 0 Å². The summed E-state index contributed by atoms with van der Waals surface area (Å²) in [5.41, 5.74) is 0. The molecular weight excluding hydrogens is 208 g/mol. The van der Waals surface area contributed by atoms with Crippen LogP contribution in [0.15, 0.2) is 0 Å². The lowest BCUT2D eigenvalue weighted by atomic mass is 10.3. The highest BCUT2D eigenvalue weighted by atomic mass is 32.2. The summed E-state index contributed by atoms with van der Waals surface area (Å²) in [6.07, 6.45) is 5.24. The van der Waals surface area contributed by atoms with E-state index in [4.69, 9.17) is 0 Å². The van der Waals surface area contributed by atoms with Crippen LogP contribution in [0.25, 0.3) is 0 Å². The van der Waals surface area contributed by atoms with Gasteiger partial charge in [0.05, 0.1) is 4.08 Å². The molecule has 0 saturated carbocycles. The van der Waals surface area contributed by atoms with Gasteiger partial charge in [-0.25, -0.2) is 0 Å². The molecule has 0 rings (SSSR count). The minimum atomic E-state index is 0.449. The van der Waals surface area contributed by atoms with Crippen LogP contribution in [0.3, 0.4) is 0 Å². The fourth-order valence-electron chi connectivity index (χ4n) is 1.16. The molecular formula is C12H26S2. The second kappa shape index (κ2) is 7.92. The average Bonchev–Trinajstić information content (AvgIpc) is 2.18. The van der Waals surface area contributed by atoms with Crippen LogP contribution in [0, 0.1) is 0 Å². The zero-order valence-corrected chi connectivity index (χ0v) is 12.1. The largest absolute Gasteiger partial charge is 0.145 e. The summed E-state index contributed by atoms with van der Waals surface area (Å²) in [4.78, 5) is 0. The fourth-order valence-corrected chi connectivity index (χ4v) is 4.43. The van der Waals surface area contributed by atoms with Gasteiger partial charge in [0.1, 0.15) is 0 Å². The first-order chi connectivity index (χ1) is 6.58. The zero-order valence-electron chi connectivity index (χ0n) is 10.4. The molecule has 14 heavy (non-hydrogen) atoms. The highest BCUT2D eigenvalue weighted by Crippen LogP contribution is 2.43. The summed E-state index contributed by atoms with van der Waals surface area (Å²) in [6.45, 7) is 11.6. The minimum absolute atomic E-state index is 0.449. The highest BCUT2D eigenvalue weighted by molar-refractivity contribution is 8.18. The Kier molecular flexibility index (Phi) is 8.32. The first-order valence-corrected chi connectivity index (χ1v) is 7.76. The molecule has 2 heteroatoms. The molecule has 0 aliphatic rings. The van der Waals surface area contributed by atoms with E-state index in [0.29, 0.717) is 4.08 Å². The minimum Gasteiger partial charge on any atom is -0.145 e. The Hall–Kier alpha value is 0.700. The van der Waals surface area contributed by atoms with E-state index in [2.05, 4.69) is 58.1 Å². The van der Waals surface area contributed by atoms with Gasteiger partial charge in [0.25, 0.3) is 0 Å². The van der Waals surface area contributed by atoms with E-state index in [0.717, 1.165) is 5.25 Å². The van der Waals surface area contributed by atoms with Crippen LogP contribution < -0.4 is 0 Å². The number of hydrogen-bond donors (Lipinski definition) is 0. The zero-order chi connectivity index (χ0) is 11.0.